The van der Waals surface area contributed by atoms with Gasteiger partial charge >= 0.3 is 12.1 Å². The summed E-state index contributed by atoms with van der Waals surface area (Å²) >= 11 is 0. The van der Waals surface area contributed by atoms with E-state index < -0.39 is 29.3 Å². The third kappa shape index (κ3) is 3.58. The molecule has 0 spiro atoms. The van der Waals surface area contributed by atoms with Crippen LogP contribution in [0.1, 0.15) is 27.2 Å². The quantitative estimate of drug-likeness (QED) is 0.547. The van der Waals surface area contributed by atoms with Crippen molar-refractivity contribution in [2.75, 3.05) is 13.7 Å². The molecule has 0 bridgehead atoms. The van der Waals surface area contributed by atoms with Crippen LogP contribution in [0.25, 0.3) is 0 Å². The molecule has 0 aromatic carbocycles. The first-order valence-electron chi connectivity index (χ1n) is 5.83. The van der Waals surface area contributed by atoms with Gasteiger partial charge in [-0.25, -0.2) is 9.59 Å². The van der Waals surface area contributed by atoms with Crippen molar-refractivity contribution in [3.8, 4) is 6.07 Å². The number of aliphatic hydroxyl groups is 1. The zero-order valence-electron chi connectivity index (χ0n) is 11.5. The number of hydrogen-bond donors (Lipinski definition) is 1. The highest BCUT2D eigenvalue weighted by atomic mass is 16.6. The Labute approximate surface area is 111 Å². The second-order valence-corrected chi connectivity index (χ2v) is 5.49. The van der Waals surface area contributed by atoms with E-state index in [0.717, 1.165) is 4.90 Å². The van der Waals surface area contributed by atoms with E-state index >= 15 is 0 Å². The van der Waals surface area contributed by atoms with Crippen LogP contribution in [0.4, 0.5) is 4.79 Å². The molecular weight excluding hydrogens is 252 g/mol. The molecule has 2 atom stereocenters. The maximum absolute atomic E-state index is 12.0. The van der Waals surface area contributed by atoms with Gasteiger partial charge in [-0.15, -0.1) is 0 Å². The van der Waals surface area contributed by atoms with E-state index in [0.29, 0.717) is 0 Å². The lowest BCUT2D eigenvalue weighted by atomic mass is 10.0. The number of ether oxygens (including phenoxy) is 2. The molecule has 1 fully saturated rings. The molecule has 19 heavy (non-hydrogen) atoms. The highest BCUT2D eigenvalue weighted by Crippen LogP contribution is 2.29. The molecule has 0 aromatic heterocycles. The minimum atomic E-state index is -1.75. The van der Waals surface area contributed by atoms with Gasteiger partial charge < -0.3 is 14.6 Å². The van der Waals surface area contributed by atoms with Gasteiger partial charge in [-0.2, -0.15) is 5.26 Å². The average molecular weight is 270 g/mol. The van der Waals surface area contributed by atoms with Crippen LogP contribution in [0.3, 0.4) is 0 Å². The number of hydrogen-bond acceptors (Lipinski definition) is 6. The predicted molar refractivity (Wildman–Crippen MR) is 63.9 cm³/mol. The molecule has 1 N–H and O–H groups in total. The number of carbonyl (C=O) groups is 2. The Kier molecular flexibility index (Phi) is 4.06. The second kappa shape index (κ2) is 5.05. The van der Waals surface area contributed by atoms with Crippen LogP contribution in [-0.2, 0) is 14.3 Å². The Morgan fingerprint density at radius 2 is 2.05 bits per heavy atom. The van der Waals surface area contributed by atoms with Crippen LogP contribution in [-0.4, -0.2) is 53.0 Å². The van der Waals surface area contributed by atoms with Crippen molar-refractivity contribution in [3.63, 3.8) is 0 Å². The summed E-state index contributed by atoms with van der Waals surface area (Å²) in [5.41, 5.74) is -2.49. The zero-order chi connectivity index (χ0) is 14.8. The predicted octanol–water partition coefficient (Wildman–Crippen LogP) is 0.423. The molecule has 0 aromatic rings. The average Bonchev–Trinajstić information content (AvgIpc) is 2.65. The number of nitrogens with zero attached hydrogens (tertiary/aromatic N) is 2. The summed E-state index contributed by atoms with van der Waals surface area (Å²) in [5.74, 6) is -0.683. The van der Waals surface area contributed by atoms with Crippen LogP contribution in [0, 0.1) is 11.3 Å². The maximum atomic E-state index is 12.0. The first-order chi connectivity index (χ1) is 8.62. The van der Waals surface area contributed by atoms with E-state index in [1.807, 2.05) is 0 Å². The highest BCUT2D eigenvalue weighted by molar-refractivity contribution is 5.82. The molecule has 7 heteroatoms. The van der Waals surface area contributed by atoms with E-state index in [9.17, 15) is 14.7 Å². The van der Waals surface area contributed by atoms with Gasteiger partial charge in [0.2, 0.25) is 0 Å². The molecule has 106 valence electrons. The molecule has 1 saturated heterocycles. The summed E-state index contributed by atoms with van der Waals surface area (Å²) in [6.07, 6.45) is -0.941. The lowest BCUT2D eigenvalue weighted by Crippen LogP contribution is -2.44. The van der Waals surface area contributed by atoms with Crippen molar-refractivity contribution in [1.82, 2.24) is 4.90 Å². The van der Waals surface area contributed by atoms with Crippen molar-refractivity contribution in [2.45, 2.75) is 44.4 Å². The Morgan fingerprint density at radius 3 is 2.47 bits per heavy atom. The summed E-state index contributed by atoms with van der Waals surface area (Å²) in [6.45, 7) is 4.78. The van der Waals surface area contributed by atoms with E-state index in [1.165, 1.54) is 7.11 Å². The van der Waals surface area contributed by atoms with E-state index in [4.69, 9.17) is 10.00 Å². The van der Waals surface area contributed by atoms with Crippen molar-refractivity contribution in [1.29, 1.82) is 5.26 Å². The number of carbonyl (C=O) groups excluding carboxylic acids is 2. The van der Waals surface area contributed by atoms with Crippen LogP contribution in [0.15, 0.2) is 0 Å². The highest BCUT2D eigenvalue weighted by Gasteiger charge is 2.50. The molecule has 1 heterocycles. The molecule has 1 unspecified atom stereocenters. The fourth-order valence-corrected chi connectivity index (χ4v) is 1.83. The molecule has 7 nitrogen and oxygen atoms in total. The molecule has 1 aliphatic heterocycles. The number of rotatable bonds is 1. The lowest BCUT2D eigenvalue weighted by molar-refractivity contribution is -0.145. The molecule has 1 aliphatic rings. The Hall–Kier alpha value is -1.81. The molecule has 1 rings (SSSR count). The van der Waals surface area contributed by atoms with Crippen molar-refractivity contribution < 1.29 is 24.2 Å². The molecule has 1 amide bonds. The third-order valence-electron chi connectivity index (χ3n) is 2.65. The Bertz CT molecular complexity index is 423. The standard InChI is InChI=1S/C12H18N2O5/c1-11(2,3)19-10(16)14-7-12(17,6-13)5-8(14)9(15)18-4/h8,17H,5,7H2,1-4H3/t8-,12?/m0/s1. The van der Waals surface area contributed by atoms with Gasteiger partial charge in [0.15, 0.2) is 5.60 Å². The van der Waals surface area contributed by atoms with Gasteiger partial charge in [0.1, 0.15) is 11.6 Å². The second-order valence-electron chi connectivity index (χ2n) is 5.49. The Balaban J connectivity index is 2.93. The van der Waals surface area contributed by atoms with E-state index in [-0.39, 0.29) is 13.0 Å². The molecule has 0 aliphatic carbocycles. The van der Waals surface area contributed by atoms with Crippen LogP contribution < -0.4 is 0 Å². The molecular formula is C12H18N2O5. The first kappa shape index (κ1) is 15.2. The van der Waals surface area contributed by atoms with Crippen molar-refractivity contribution >= 4 is 12.1 Å². The fourth-order valence-electron chi connectivity index (χ4n) is 1.83. The normalized spacial score (nSPS) is 26.7. The van der Waals surface area contributed by atoms with Crippen molar-refractivity contribution in [2.24, 2.45) is 0 Å². The number of nitriles is 1. The summed E-state index contributed by atoms with van der Waals surface area (Å²) < 4.78 is 9.72. The van der Waals surface area contributed by atoms with Crippen LogP contribution in [0.5, 0.6) is 0 Å². The van der Waals surface area contributed by atoms with Crippen molar-refractivity contribution in [3.05, 3.63) is 0 Å². The minimum absolute atomic E-state index is 0.185. The third-order valence-corrected chi connectivity index (χ3v) is 2.65. The lowest BCUT2D eigenvalue weighted by Gasteiger charge is -2.27. The summed E-state index contributed by atoms with van der Waals surface area (Å²) in [4.78, 5) is 24.6. The summed E-state index contributed by atoms with van der Waals surface area (Å²) in [6, 6.07) is 0.686. The van der Waals surface area contributed by atoms with Gasteiger partial charge in [0, 0.05) is 6.42 Å². The smallest absolute Gasteiger partial charge is 0.411 e. The molecule has 0 radical (unpaired) electrons. The van der Waals surface area contributed by atoms with Gasteiger partial charge in [-0.3, -0.25) is 4.90 Å². The van der Waals surface area contributed by atoms with Crippen LogP contribution >= 0.6 is 0 Å². The Morgan fingerprint density at radius 1 is 1.47 bits per heavy atom. The zero-order valence-corrected chi connectivity index (χ0v) is 11.5. The number of methoxy groups -OCH3 is 1. The number of esters is 1. The van der Waals surface area contributed by atoms with E-state index in [1.54, 1.807) is 26.8 Å². The van der Waals surface area contributed by atoms with Gasteiger partial charge in [-0.05, 0) is 20.8 Å². The van der Waals surface area contributed by atoms with Crippen LogP contribution in [0.2, 0.25) is 0 Å². The largest absolute Gasteiger partial charge is 0.467 e. The monoisotopic (exact) mass is 270 g/mol. The van der Waals surface area contributed by atoms with Gasteiger partial charge in [0.25, 0.3) is 0 Å². The summed E-state index contributed by atoms with van der Waals surface area (Å²) in [7, 11) is 1.18. The van der Waals surface area contributed by atoms with Gasteiger partial charge in [-0.1, -0.05) is 0 Å². The van der Waals surface area contributed by atoms with Gasteiger partial charge in [0.05, 0.1) is 19.7 Å². The minimum Gasteiger partial charge on any atom is -0.467 e. The SMILES string of the molecule is COC(=O)[C@@H]1CC(O)(C#N)CN1C(=O)OC(C)(C)C. The first-order valence-corrected chi connectivity index (χ1v) is 5.83. The molecule has 0 saturated carbocycles. The number of likely N-dealkylation sites (tertiary alicyclic amines) is 1. The topological polar surface area (TPSA) is 99.9 Å². The number of β-amino-alcohol motifs (C(OH)–C–C–N with tert-alkyl or cyclic N) is 1. The maximum Gasteiger partial charge on any atom is 0.411 e. The summed E-state index contributed by atoms with van der Waals surface area (Å²) in [5, 5.41) is 18.8. The number of amides is 1. The fraction of sp³-hybridized carbons (Fsp3) is 0.750. The van der Waals surface area contributed by atoms with E-state index in [2.05, 4.69) is 4.74 Å².